The molecule has 0 saturated carbocycles. The number of benzene rings is 1. The Bertz CT molecular complexity index is 650. The van der Waals surface area contributed by atoms with Gasteiger partial charge in [-0.2, -0.15) is 4.31 Å². The number of sulfonamides is 1. The number of carbonyl (C=O) groups excluding carboxylic acids is 1. The van der Waals surface area contributed by atoms with Crippen molar-refractivity contribution >= 4 is 15.9 Å². The maximum Gasteiger partial charge on any atom is 0.251 e. The summed E-state index contributed by atoms with van der Waals surface area (Å²) in [7, 11) is -1.87. The van der Waals surface area contributed by atoms with Gasteiger partial charge in [0.25, 0.3) is 5.91 Å². The largest absolute Gasteiger partial charge is 0.497 e. The van der Waals surface area contributed by atoms with E-state index in [0.29, 0.717) is 24.4 Å². The van der Waals surface area contributed by atoms with Gasteiger partial charge in [0.15, 0.2) is 0 Å². The minimum atomic E-state index is -3.42. The molecule has 0 aromatic heterocycles. The Morgan fingerprint density at radius 1 is 1.25 bits per heavy atom. The van der Waals surface area contributed by atoms with Crippen molar-refractivity contribution in [1.29, 1.82) is 0 Å². The van der Waals surface area contributed by atoms with E-state index in [4.69, 9.17) is 9.47 Å². The molecule has 1 heterocycles. The van der Waals surface area contributed by atoms with Gasteiger partial charge in [-0.05, 0) is 38.1 Å². The van der Waals surface area contributed by atoms with Crippen LogP contribution < -0.4 is 10.1 Å². The second kappa shape index (κ2) is 7.96. The normalized spacial score (nSPS) is 22.1. The van der Waals surface area contributed by atoms with Crippen LogP contribution in [0, 0.1) is 0 Å². The Morgan fingerprint density at radius 3 is 2.38 bits per heavy atom. The molecule has 1 fully saturated rings. The van der Waals surface area contributed by atoms with Crippen LogP contribution in [-0.4, -0.2) is 63.3 Å². The number of hydrogen-bond donors (Lipinski definition) is 1. The highest BCUT2D eigenvalue weighted by molar-refractivity contribution is 7.89. The fourth-order valence-corrected chi connectivity index (χ4v) is 4.12. The lowest BCUT2D eigenvalue weighted by Crippen LogP contribution is -2.49. The number of hydrogen-bond acceptors (Lipinski definition) is 5. The van der Waals surface area contributed by atoms with Crippen LogP contribution in [0.15, 0.2) is 24.3 Å². The van der Waals surface area contributed by atoms with E-state index in [9.17, 15) is 13.2 Å². The topological polar surface area (TPSA) is 84.9 Å². The predicted molar refractivity (Wildman–Crippen MR) is 90.7 cm³/mol. The zero-order chi connectivity index (χ0) is 17.7. The number of nitrogens with zero attached hydrogens (tertiary/aromatic N) is 1. The first kappa shape index (κ1) is 18.7. The number of ether oxygens (including phenoxy) is 2. The number of methoxy groups -OCH3 is 1. The third-order valence-electron chi connectivity index (χ3n) is 3.78. The molecule has 0 aliphatic carbocycles. The van der Waals surface area contributed by atoms with Gasteiger partial charge in [0, 0.05) is 25.2 Å². The van der Waals surface area contributed by atoms with Crippen molar-refractivity contribution in [2.75, 3.05) is 32.5 Å². The molecule has 134 valence electrons. The van der Waals surface area contributed by atoms with Crippen LogP contribution in [0.3, 0.4) is 0 Å². The molecule has 7 nitrogen and oxygen atoms in total. The first-order valence-electron chi connectivity index (χ1n) is 7.87. The van der Waals surface area contributed by atoms with Crippen LogP contribution >= 0.6 is 0 Å². The summed E-state index contributed by atoms with van der Waals surface area (Å²) in [5.41, 5.74) is 0.460. The monoisotopic (exact) mass is 356 g/mol. The molecule has 1 aromatic rings. The Morgan fingerprint density at radius 2 is 1.83 bits per heavy atom. The molecule has 1 aliphatic heterocycles. The Balaban J connectivity index is 1.86. The van der Waals surface area contributed by atoms with Gasteiger partial charge in [0.05, 0.1) is 25.1 Å². The molecule has 1 aromatic carbocycles. The van der Waals surface area contributed by atoms with Crippen LogP contribution in [0.5, 0.6) is 5.75 Å². The minimum absolute atomic E-state index is 0.0628. The molecule has 1 amide bonds. The molecule has 0 spiro atoms. The maximum atomic E-state index is 12.4. The number of carbonyl (C=O) groups is 1. The molecular formula is C16H24N2O5S. The van der Waals surface area contributed by atoms with Crippen LogP contribution in [0.1, 0.15) is 24.2 Å². The first-order chi connectivity index (χ1) is 11.3. The number of rotatable bonds is 6. The minimum Gasteiger partial charge on any atom is -0.497 e. The van der Waals surface area contributed by atoms with Crippen molar-refractivity contribution in [2.24, 2.45) is 0 Å². The predicted octanol–water partition coefficient (Wildman–Crippen LogP) is 0.864. The summed E-state index contributed by atoms with van der Waals surface area (Å²) in [4.78, 5) is 12.0. The fourth-order valence-electron chi connectivity index (χ4n) is 2.62. The summed E-state index contributed by atoms with van der Waals surface area (Å²) in [5.74, 6) is 0.218. The number of morpholine rings is 1. The zero-order valence-corrected chi connectivity index (χ0v) is 15.0. The van der Waals surface area contributed by atoms with E-state index in [2.05, 4.69) is 5.32 Å². The lowest BCUT2D eigenvalue weighted by molar-refractivity contribution is -0.0440. The SMILES string of the molecule is COc1ccc(C(=O)NCCS(=O)(=O)N2C[C@@H](C)O[C@@H](C)C2)cc1. The van der Waals surface area contributed by atoms with Crippen molar-refractivity contribution < 1.29 is 22.7 Å². The van der Waals surface area contributed by atoms with Gasteiger partial charge in [-0.3, -0.25) is 4.79 Å². The Kier molecular flexibility index (Phi) is 6.20. The molecule has 2 atom stereocenters. The van der Waals surface area contributed by atoms with Crippen LogP contribution in [0.25, 0.3) is 0 Å². The average Bonchev–Trinajstić information content (AvgIpc) is 2.53. The van der Waals surface area contributed by atoms with E-state index in [1.54, 1.807) is 31.4 Å². The fraction of sp³-hybridized carbons (Fsp3) is 0.562. The molecule has 1 N–H and O–H groups in total. The van der Waals surface area contributed by atoms with Gasteiger partial charge >= 0.3 is 0 Å². The summed E-state index contributed by atoms with van der Waals surface area (Å²) in [6.07, 6.45) is -0.255. The van der Waals surface area contributed by atoms with Crippen molar-refractivity contribution in [2.45, 2.75) is 26.1 Å². The second-order valence-electron chi connectivity index (χ2n) is 5.87. The highest BCUT2D eigenvalue weighted by Crippen LogP contribution is 2.15. The zero-order valence-electron chi connectivity index (χ0n) is 14.2. The lowest BCUT2D eigenvalue weighted by Gasteiger charge is -2.34. The van der Waals surface area contributed by atoms with E-state index >= 15 is 0 Å². The van der Waals surface area contributed by atoms with Crippen molar-refractivity contribution in [3.8, 4) is 5.75 Å². The summed E-state index contributed by atoms with van der Waals surface area (Å²) in [6.45, 7) is 4.46. The van der Waals surface area contributed by atoms with Gasteiger partial charge in [-0.1, -0.05) is 0 Å². The lowest BCUT2D eigenvalue weighted by atomic mass is 10.2. The van der Waals surface area contributed by atoms with E-state index in [-0.39, 0.29) is 30.4 Å². The first-order valence-corrected chi connectivity index (χ1v) is 9.48. The van der Waals surface area contributed by atoms with E-state index in [0.717, 1.165) is 0 Å². The standard InChI is InChI=1S/C16H24N2O5S/c1-12-10-18(11-13(2)23-12)24(20,21)9-8-17-16(19)14-4-6-15(22-3)7-5-14/h4-7,12-13H,8-11H2,1-3H3,(H,17,19)/t12-,13+. The molecule has 8 heteroatoms. The van der Waals surface area contributed by atoms with Crippen LogP contribution in [0.2, 0.25) is 0 Å². The van der Waals surface area contributed by atoms with Crippen LogP contribution in [0.4, 0.5) is 0 Å². The van der Waals surface area contributed by atoms with Gasteiger partial charge in [0.2, 0.25) is 10.0 Å². The molecule has 24 heavy (non-hydrogen) atoms. The highest BCUT2D eigenvalue weighted by Gasteiger charge is 2.30. The smallest absolute Gasteiger partial charge is 0.251 e. The second-order valence-corrected chi connectivity index (χ2v) is 7.96. The summed E-state index contributed by atoms with van der Waals surface area (Å²) < 4.78 is 36.8. The Labute approximate surface area is 143 Å². The third kappa shape index (κ3) is 4.93. The summed E-state index contributed by atoms with van der Waals surface area (Å²) in [6, 6.07) is 6.63. The van der Waals surface area contributed by atoms with E-state index in [1.807, 2.05) is 13.8 Å². The summed E-state index contributed by atoms with van der Waals surface area (Å²) in [5, 5.41) is 2.64. The molecule has 0 radical (unpaired) electrons. The average molecular weight is 356 g/mol. The van der Waals surface area contributed by atoms with Gasteiger partial charge < -0.3 is 14.8 Å². The van der Waals surface area contributed by atoms with Crippen molar-refractivity contribution in [1.82, 2.24) is 9.62 Å². The number of amides is 1. The number of nitrogens with one attached hydrogen (secondary N) is 1. The van der Waals surface area contributed by atoms with Crippen LogP contribution in [-0.2, 0) is 14.8 Å². The molecular weight excluding hydrogens is 332 g/mol. The van der Waals surface area contributed by atoms with E-state index < -0.39 is 10.0 Å². The maximum absolute atomic E-state index is 12.4. The molecule has 2 rings (SSSR count). The van der Waals surface area contributed by atoms with Gasteiger partial charge in [-0.15, -0.1) is 0 Å². The van der Waals surface area contributed by atoms with Gasteiger partial charge in [-0.25, -0.2) is 8.42 Å². The Hall–Kier alpha value is -1.64. The molecule has 0 unspecified atom stereocenters. The molecule has 1 saturated heterocycles. The third-order valence-corrected chi connectivity index (χ3v) is 5.58. The van der Waals surface area contributed by atoms with Crippen molar-refractivity contribution in [3.05, 3.63) is 29.8 Å². The quantitative estimate of drug-likeness (QED) is 0.817. The van der Waals surface area contributed by atoms with Gasteiger partial charge in [0.1, 0.15) is 5.75 Å². The van der Waals surface area contributed by atoms with Crippen molar-refractivity contribution in [3.63, 3.8) is 0 Å². The molecule has 0 bridgehead atoms. The highest BCUT2D eigenvalue weighted by atomic mass is 32.2. The van der Waals surface area contributed by atoms with E-state index in [1.165, 1.54) is 4.31 Å². The molecule has 1 aliphatic rings. The summed E-state index contributed by atoms with van der Waals surface area (Å²) >= 11 is 0.